The average molecular weight is 261 g/mol. The molecule has 0 saturated carbocycles. The fraction of sp³-hybridized carbons (Fsp3) is 0.611. The number of hydrogen-bond acceptors (Lipinski definition) is 1. The molecule has 0 aliphatic carbocycles. The molecular weight excluding hydrogens is 232 g/mol. The van der Waals surface area contributed by atoms with Gasteiger partial charge < -0.3 is 4.74 Å². The van der Waals surface area contributed by atoms with E-state index in [0.717, 1.165) is 32.3 Å². The largest absolute Gasteiger partial charge is 0.372 e. The Bertz CT molecular complexity index is 286. The number of benzene rings is 1. The Kier molecular flexibility index (Phi) is 9.44. The highest BCUT2D eigenvalue weighted by atomic mass is 16.5. The predicted molar refractivity (Wildman–Crippen MR) is 83.0 cm³/mol. The molecule has 0 aromatic heterocycles. The van der Waals surface area contributed by atoms with Crippen LogP contribution in [-0.4, -0.2) is 6.61 Å². The fourth-order valence-corrected chi connectivity index (χ4v) is 2.15. The van der Waals surface area contributed by atoms with Crippen LogP contribution in [0.3, 0.4) is 0 Å². The van der Waals surface area contributed by atoms with Crippen molar-refractivity contribution in [2.24, 2.45) is 0 Å². The number of rotatable bonds is 11. The van der Waals surface area contributed by atoms with E-state index in [9.17, 15) is 0 Å². The number of aryl methyl sites for hydroxylation is 1. The molecule has 0 atom stereocenters. The van der Waals surface area contributed by atoms with Gasteiger partial charge in [-0.25, -0.2) is 0 Å². The monoisotopic (exact) mass is 261 g/mol. The maximum atomic E-state index is 5.98. The van der Waals surface area contributed by atoms with Gasteiger partial charge >= 0.3 is 0 Å². The second-order valence-corrected chi connectivity index (χ2v) is 5.18. The third-order valence-electron chi connectivity index (χ3n) is 3.38. The van der Waals surface area contributed by atoms with Crippen molar-refractivity contribution >= 4 is 0 Å². The number of unbranched alkanes of at least 4 members (excludes halogenated alkanes) is 2. The quantitative estimate of drug-likeness (QED) is 0.475. The summed E-state index contributed by atoms with van der Waals surface area (Å²) in [6.45, 7) is 5.36. The van der Waals surface area contributed by atoms with E-state index in [2.05, 4.69) is 44.2 Å². The van der Waals surface area contributed by atoms with Crippen molar-refractivity contribution in [3.63, 3.8) is 0 Å². The molecule has 107 valence electrons. The van der Waals surface area contributed by atoms with Gasteiger partial charge in [-0.1, -0.05) is 69.9 Å². The van der Waals surface area contributed by atoms with Gasteiger partial charge in [0, 0.05) is 6.61 Å². The summed E-state index contributed by atoms with van der Waals surface area (Å²) in [5.41, 5.74) is 1.41. The molecule has 0 spiro atoms. The maximum absolute atomic E-state index is 5.98. The van der Waals surface area contributed by atoms with Crippen LogP contribution in [0.2, 0.25) is 0 Å². The van der Waals surface area contributed by atoms with E-state index in [-0.39, 0.29) is 0 Å². The van der Waals surface area contributed by atoms with Crippen LogP contribution in [0.5, 0.6) is 0 Å². The van der Waals surface area contributed by atoms with Crippen LogP contribution >= 0.6 is 0 Å². The van der Waals surface area contributed by atoms with E-state index >= 15 is 0 Å². The van der Waals surface area contributed by atoms with Crippen LogP contribution in [-0.2, 0) is 11.2 Å². The molecule has 1 nitrogen and oxygen atoms in total. The van der Waals surface area contributed by atoms with E-state index in [0.29, 0.717) is 0 Å². The lowest BCUT2D eigenvalue weighted by Gasteiger charge is -2.16. The Morgan fingerprint density at radius 2 is 1.53 bits per heavy atom. The van der Waals surface area contributed by atoms with Crippen LogP contribution in [0.15, 0.2) is 30.3 Å². The third-order valence-corrected chi connectivity index (χ3v) is 3.38. The summed E-state index contributed by atoms with van der Waals surface area (Å²) in [7, 11) is 0. The Balaban J connectivity index is 2.16. The second-order valence-electron chi connectivity index (χ2n) is 5.18. The molecule has 0 unspecified atom stereocenters. The Morgan fingerprint density at radius 3 is 2.11 bits per heavy atom. The van der Waals surface area contributed by atoms with Crippen LogP contribution < -0.4 is 0 Å². The van der Waals surface area contributed by atoms with E-state index < -0.39 is 0 Å². The molecule has 1 rings (SSSR count). The minimum Gasteiger partial charge on any atom is -0.372 e. The minimum atomic E-state index is 0.873. The lowest BCUT2D eigenvalue weighted by atomic mass is 10.1. The van der Waals surface area contributed by atoms with Crippen molar-refractivity contribution in [2.75, 3.05) is 6.61 Å². The molecule has 0 aliphatic rings. The predicted octanol–water partition coefficient (Wildman–Crippen LogP) is 5.55. The summed E-state index contributed by atoms with van der Waals surface area (Å²) in [5, 5.41) is 0. The van der Waals surface area contributed by atoms with Crippen molar-refractivity contribution < 1.29 is 4.74 Å². The molecule has 0 bridgehead atoms. The first-order chi connectivity index (χ1) is 9.36. The Morgan fingerprint density at radius 1 is 0.895 bits per heavy atom. The molecule has 0 saturated heterocycles. The molecule has 0 fully saturated rings. The van der Waals surface area contributed by atoms with Gasteiger partial charge in [-0.15, -0.1) is 0 Å². The van der Waals surface area contributed by atoms with Crippen molar-refractivity contribution in [1.29, 1.82) is 0 Å². The van der Waals surface area contributed by atoms with Gasteiger partial charge in [0.2, 0.25) is 0 Å². The van der Waals surface area contributed by atoms with Crippen molar-refractivity contribution in [3.8, 4) is 0 Å². The van der Waals surface area contributed by atoms with Crippen LogP contribution in [0.4, 0.5) is 0 Å². The number of hydrogen-bond donors (Lipinski definition) is 0. The molecule has 0 aliphatic heterocycles. The summed E-state index contributed by atoms with van der Waals surface area (Å²) in [6, 6.07) is 10.7. The SMILES string of the molecule is CCCC[C](CCCC)OCCCc1ccccc1. The van der Waals surface area contributed by atoms with Crippen molar-refractivity contribution in [1.82, 2.24) is 0 Å². The molecular formula is C18H29O. The lowest BCUT2D eigenvalue weighted by molar-refractivity contribution is 0.121. The van der Waals surface area contributed by atoms with Gasteiger partial charge in [0.15, 0.2) is 0 Å². The van der Waals surface area contributed by atoms with E-state index in [1.165, 1.54) is 37.4 Å². The van der Waals surface area contributed by atoms with Gasteiger partial charge in [-0.05, 0) is 31.2 Å². The minimum absolute atomic E-state index is 0.873. The second kappa shape index (κ2) is 11.0. The smallest absolute Gasteiger partial charge is 0.0970 e. The van der Waals surface area contributed by atoms with E-state index in [1.54, 1.807) is 0 Å². The molecule has 0 heterocycles. The number of ether oxygens (including phenoxy) is 1. The molecule has 1 aromatic carbocycles. The lowest BCUT2D eigenvalue weighted by Crippen LogP contribution is -2.06. The normalized spacial score (nSPS) is 11.1. The summed E-state index contributed by atoms with van der Waals surface area (Å²) >= 11 is 0. The Hall–Kier alpha value is -0.820. The zero-order valence-corrected chi connectivity index (χ0v) is 12.7. The molecule has 1 aromatic rings. The summed E-state index contributed by atoms with van der Waals surface area (Å²) < 4.78 is 5.98. The molecule has 1 heteroatoms. The molecule has 0 N–H and O–H groups in total. The van der Waals surface area contributed by atoms with E-state index in [4.69, 9.17) is 4.74 Å². The third kappa shape index (κ3) is 8.05. The zero-order chi connectivity index (χ0) is 13.8. The van der Waals surface area contributed by atoms with E-state index in [1.807, 2.05) is 0 Å². The van der Waals surface area contributed by atoms with Gasteiger partial charge in [0.05, 0.1) is 6.10 Å². The Labute approximate surface area is 119 Å². The molecule has 19 heavy (non-hydrogen) atoms. The maximum Gasteiger partial charge on any atom is 0.0970 e. The van der Waals surface area contributed by atoms with Gasteiger partial charge in [-0.3, -0.25) is 0 Å². The fourth-order valence-electron chi connectivity index (χ4n) is 2.15. The summed E-state index contributed by atoms with van der Waals surface area (Å²) in [5.74, 6) is 0. The van der Waals surface area contributed by atoms with Crippen LogP contribution in [0.25, 0.3) is 0 Å². The van der Waals surface area contributed by atoms with Crippen molar-refractivity contribution in [3.05, 3.63) is 42.0 Å². The first kappa shape index (κ1) is 16.2. The van der Waals surface area contributed by atoms with Crippen molar-refractivity contribution in [2.45, 2.75) is 65.2 Å². The highest BCUT2D eigenvalue weighted by molar-refractivity contribution is 5.14. The van der Waals surface area contributed by atoms with Crippen LogP contribution in [0.1, 0.15) is 64.4 Å². The standard InChI is InChI=1S/C18H29O/c1-3-5-14-18(15-6-4-2)19-16-10-13-17-11-8-7-9-12-17/h7-9,11-12H,3-6,10,13-16H2,1-2H3. The topological polar surface area (TPSA) is 9.23 Å². The summed E-state index contributed by atoms with van der Waals surface area (Å²) in [4.78, 5) is 0. The first-order valence-corrected chi connectivity index (χ1v) is 7.88. The van der Waals surface area contributed by atoms with Gasteiger partial charge in [0.25, 0.3) is 0 Å². The summed E-state index contributed by atoms with van der Waals surface area (Å²) in [6.07, 6.45) is 10.9. The average Bonchev–Trinajstić information content (AvgIpc) is 2.46. The van der Waals surface area contributed by atoms with Gasteiger partial charge in [0.1, 0.15) is 0 Å². The van der Waals surface area contributed by atoms with Gasteiger partial charge in [-0.2, -0.15) is 0 Å². The molecule has 0 amide bonds. The highest BCUT2D eigenvalue weighted by Gasteiger charge is 2.09. The zero-order valence-electron chi connectivity index (χ0n) is 12.7. The highest BCUT2D eigenvalue weighted by Crippen LogP contribution is 2.20. The molecule has 1 radical (unpaired) electrons. The van der Waals surface area contributed by atoms with Crippen LogP contribution in [0, 0.1) is 6.10 Å². The first-order valence-electron chi connectivity index (χ1n) is 7.88.